The maximum Gasteiger partial charge on any atom is 0.314 e. The molecule has 0 unspecified atom stereocenters. The molecule has 2 aromatic rings. The van der Waals surface area contributed by atoms with E-state index in [1.807, 2.05) is 32.9 Å². The third kappa shape index (κ3) is 3.31. The van der Waals surface area contributed by atoms with Gasteiger partial charge in [0.25, 0.3) is 0 Å². The van der Waals surface area contributed by atoms with Crippen molar-refractivity contribution < 1.29 is 9.53 Å². The molecule has 28 heavy (non-hydrogen) atoms. The van der Waals surface area contributed by atoms with E-state index in [0.29, 0.717) is 36.9 Å². The van der Waals surface area contributed by atoms with Crippen LogP contribution in [-0.2, 0) is 9.53 Å². The highest BCUT2D eigenvalue weighted by molar-refractivity contribution is 5.81. The molecular weight excluding hydrogens is 356 g/mol. The normalized spacial score (nSPS) is 24.8. The summed E-state index contributed by atoms with van der Waals surface area (Å²) < 4.78 is 5.25. The number of H-pyrrole nitrogens is 1. The highest BCUT2D eigenvalue weighted by Crippen LogP contribution is 2.53. The van der Waals surface area contributed by atoms with Crippen LogP contribution in [0, 0.1) is 5.41 Å². The second-order valence-electron chi connectivity index (χ2n) is 7.54. The van der Waals surface area contributed by atoms with Crippen molar-refractivity contribution in [2.45, 2.75) is 58.4 Å². The summed E-state index contributed by atoms with van der Waals surface area (Å²) >= 11 is 0. The van der Waals surface area contributed by atoms with E-state index in [0.717, 1.165) is 18.7 Å². The number of ether oxygens (including phenoxy) is 1. The van der Waals surface area contributed by atoms with Crippen LogP contribution in [0.25, 0.3) is 0 Å². The van der Waals surface area contributed by atoms with Gasteiger partial charge >= 0.3 is 5.97 Å². The van der Waals surface area contributed by atoms with Gasteiger partial charge in [-0.2, -0.15) is 10.1 Å². The molecule has 8 heteroatoms. The van der Waals surface area contributed by atoms with Crippen molar-refractivity contribution in [2.75, 3.05) is 23.4 Å². The Hall–Kier alpha value is -2.64. The number of esters is 1. The van der Waals surface area contributed by atoms with Gasteiger partial charge in [-0.3, -0.25) is 9.89 Å². The van der Waals surface area contributed by atoms with Crippen LogP contribution in [0.15, 0.2) is 18.3 Å². The minimum Gasteiger partial charge on any atom is -0.466 e. The third-order valence-electron chi connectivity index (χ3n) is 5.65. The van der Waals surface area contributed by atoms with Gasteiger partial charge in [-0.25, -0.2) is 4.98 Å². The number of fused-ring (bicyclic) bond motifs is 1. The van der Waals surface area contributed by atoms with Gasteiger partial charge in [0.1, 0.15) is 5.82 Å². The molecule has 4 fully saturated rings. The van der Waals surface area contributed by atoms with Crippen molar-refractivity contribution in [3.05, 3.63) is 24.0 Å². The van der Waals surface area contributed by atoms with Gasteiger partial charge in [-0.15, -0.1) is 0 Å². The Bertz CT molecular complexity index is 841. The minimum atomic E-state index is -0.366. The molecule has 4 heterocycles. The number of carbonyl (C=O) groups is 1. The first-order valence-corrected chi connectivity index (χ1v) is 10.3. The lowest BCUT2D eigenvalue weighted by molar-refractivity contribution is -0.157. The lowest BCUT2D eigenvalue weighted by Crippen LogP contribution is -2.42. The average Bonchev–Trinajstić information content (AvgIpc) is 3.15. The second kappa shape index (κ2) is 7.41. The fraction of sp³-hybridized carbons (Fsp3) is 0.600. The Morgan fingerprint density at radius 2 is 2.14 bits per heavy atom. The first-order chi connectivity index (χ1) is 13.7. The van der Waals surface area contributed by atoms with Crippen LogP contribution < -0.4 is 10.2 Å². The molecule has 2 aliphatic carbocycles. The van der Waals surface area contributed by atoms with Gasteiger partial charge in [-0.1, -0.05) is 13.8 Å². The summed E-state index contributed by atoms with van der Waals surface area (Å²) in [5.41, 5.74) is 0.813. The van der Waals surface area contributed by atoms with Gasteiger partial charge in [0, 0.05) is 36.5 Å². The molecular formula is C20H28N6O2. The average molecular weight is 384 g/mol. The summed E-state index contributed by atoms with van der Waals surface area (Å²) in [6.07, 6.45) is 5.87. The molecule has 0 radical (unpaired) electrons. The molecule has 0 spiro atoms. The molecule has 0 aromatic carbocycles. The Labute approximate surface area is 165 Å². The minimum absolute atomic E-state index is 0.0860. The lowest BCUT2D eigenvalue weighted by atomic mass is 9.70. The number of hydrogen-bond donors (Lipinski definition) is 2. The molecule has 2 saturated heterocycles. The summed E-state index contributed by atoms with van der Waals surface area (Å²) in [6.45, 7) is 6.90. The summed E-state index contributed by atoms with van der Waals surface area (Å²) in [7, 11) is 0. The molecule has 0 atom stereocenters. The van der Waals surface area contributed by atoms with E-state index in [2.05, 4.69) is 30.4 Å². The first kappa shape index (κ1) is 18.7. The van der Waals surface area contributed by atoms with Crippen molar-refractivity contribution in [3.63, 3.8) is 0 Å². The fourth-order valence-corrected chi connectivity index (χ4v) is 4.09. The van der Waals surface area contributed by atoms with E-state index < -0.39 is 0 Å². The van der Waals surface area contributed by atoms with E-state index in [9.17, 15) is 4.79 Å². The fourth-order valence-electron chi connectivity index (χ4n) is 4.09. The van der Waals surface area contributed by atoms with E-state index >= 15 is 0 Å². The van der Waals surface area contributed by atoms with E-state index in [1.54, 1.807) is 6.20 Å². The zero-order chi connectivity index (χ0) is 19.7. The predicted molar refractivity (Wildman–Crippen MR) is 107 cm³/mol. The number of nitrogens with zero attached hydrogens (tertiary/aromatic N) is 4. The van der Waals surface area contributed by atoms with E-state index in [4.69, 9.17) is 4.74 Å². The number of carbonyl (C=O) groups excluding carboxylic acids is 1. The van der Waals surface area contributed by atoms with Crippen LogP contribution in [0.5, 0.6) is 0 Å². The van der Waals surface area contributed by atoms with Gasteiger partial charge in [0.2, 0.25) is 5.95 Å². The molecule has 2 N–H and O–H groups in total. The SMILES string of the molecule is CC.CCOC(=O)C12CC(C1)N(c1nccc(Nc3cc(C4CC4)[nH]n3)n1)C2. The molecule has 0 amide bonds. The number of hydrogen-bond acceptors (Lipinski definition) is 7. The molecule has 2 saturated carbocycles. The highest BCUT2D eigenvalue weighted by Gasteiger charge is 2.61. The Morgan fingerprint density at radius 1 is 1.36 bits per heavy atom. The van der Waals surface area contributed by atoms with Crippen molar-refractivity contribution in [3.8, 4) is 0 Å². The van der Waals surface area contributed by atoms with Crippen LogP contribution in [0.2, 0.25) is 0 Å². The second-order valence-corrected chi connectivity index (χ2v) is 7.54. The first-order valence-electron chi connectivity index (χ1n) is 10.3. The maximum atomic E-state index is 12.2. The largest absolute Gasteiger partial charge is 0.466 e. The van der Waals surface area contributed by atoms with Crippen LogP contribution in [0.3, 0.4) is 0 Å². The van der Waals surface area contributed by atoms with Gasteiger partial charge in [0.05, 0.1) is 12.0 Å². The summed E-state index contributed by atoms with van der Waals surface area (Å²) in [4.78, 5) is 23.4. The number of aromatic amines is 1. The summed E-state index contributed by atoms with van der Waals surface area (Å²) in [5, 5.41) is 10.6. The van der Waals surface area contributed by atoms with Crippen molar-refractivity contribution in [1.82, 2.24) is 20.2 Å². The number of nitrogens with one attached hydrogen (secondary N) is 2. The molecule has 8 nitrogen and oxygen atoms in total. The van der Waals surface area contributed by atoms with Gasteiger partial charge in [0.15, 0.2) is 5.82 Å². The van der Waals surface area contributed by atoms with Crippen LogP contribution in [0.1, 0.15) is 58.1 Å². The van der Waals surface area contributed by atoms with E-state index in [1.165, 1.54) is 18.5 Å². The lowest BCUT2D eigenvalue weighted by Gasteiger charge is -2.34. The Kier molecular flexibility index (Phi) is 4.95. The van der Waals surface area contributed by atoms with Crippen molar-refractivity contribution in [1.29, 1.82) is 0 Å². The molecule has 6 rings (SSSR count). The molecule has 2 bridgehead atoms. The van der Waals surface area contributed by atoms with Gasteiger partial charge in [-0.05, 0) is 38.7 Å². The summed E-state index contributed by atoms with van der Waals surface area (Å²) in [6, 6.07) is 4.19. The smallest absolute Gasteiger partial charge is 0.314 e. The standard InChI is InChI=1S/C18H22N6O2.C2H6/c1-2-26-16(25)18-8-12(9-18)24(10-18)17-19-6-5-14(21-17)20-15-7-13(22-23-15)11-3-4-11;1-2/h5-7,11-12H,2-4,8-10H2,1H3,(H2,19,20,21,22,23);1-2H3. The zero-order valence-corrected chi connectivity index (χ0v) is 16.7. The van der Waals surface area contributed by atoms with Gasteiger partial charge < -0.3 is 15.0 Å². The van der Waals surface area contributed by atoms with Crippen LogP contribution in [-0.4, -0.2) is 45.3 Å². The molecule has 4 aliphatic rings. The predicted octanol–water partition coefficient (Wildman–Crippen LogP) is 3.38. The third-order valence-corrected chi connectivity index (χ3v) is 5.65. The maximum absolute atomic E-state index is 12.2. The molecule has 2 aromatic heterocycles. The zero-order valence-electron chi connectivity index (χ0n) is 16.7. The Morgan fingerprint density at radius 3 is 2.86 bits per heavy atom. The number of anilines is 3. The quantitative estimate of drug-likeness (QED) is 0.737. The monoisotopic (exact) mass is 384 g/mol. The molecule has 2 aliphatic heterocycles. The highest BCUT2D eigenvalue weighted by atomic mass is 16.5. The topological polar surface area (TPSA) is 96.0 Å². The van der Waals surface area contributed by atoms with Crippen molar-refractivity contribution >= 4 is 23.6 Å². The number of aromatic nitrogens is 4. The van der Waals surface area contributed by atoms with Crippen LogP contribution >= 0.6 is 0 Å². The summed E-state index contributed by atoms with van der Waals surface area (Å²) in [5.74, 6) is 2.68. The van der Waals surface area contributed by atoms with Crippen molar-refractivity contribution in [2.24, 2.45) is 5.41 Å². The van der Waals surface area contributed by atoms with Crippen LogP contribution in [0.4, 0.5) is 17.6 Å². The molecule has 150 valence electrons. The number of rotatable bonds is 6. The van der Waals surface area contributed by atoms with E-state index in [-0.39, 0.29) is 11.4 Å². The Balaban J connectivity index is 0.000000932.